The van der Waals surface area contributed by atoms with E-state index in [4.69, 9.17) is 18.0 Å². The van der Waals surface area contributed by atoms with Gasteiger partial charge in [-0.1, -0.05) is 23.6 Å². The summed E-state index contributed by atoms with van der Waals surface area (Å²) >= 11 is 5.99. The number of amides is 3. The molecule has 1 heterocycles. The molecule has 5 heteroatoms. The Morgan fingerprint density at radius 3 is 2.78 bits per heavy atom. The first-order chi connectivity index (χ1) is 8.54. The third-order valence-electron chi connectivity index (χ3n) is 2.73. The fourth-order valence-electron chi connectivity index (χ4n) is 1.76. The van der Waals surface area contributed by atoms with Crippen LogP contribution in [-0.4, -0.2) is 29.9 Å². The third-order valence-corrected chi connectivity index (χ3v) is 3.14. The SMILES string of the molecule is C#CCN1CC(=O)N(c2ccc(C)c(Cl)c2)C1=O. The number of anilines is 1. The van der Waals surface area contributed by atoms with Crippen molar-refractivity contribution >= 4 is 29.2 Å². The standard InChI is InChI=1S/C13H11ClN2O2/c1-3-6-15-8-12(17)16(13(15)18)10-5-4-9(2)11(14)7-10/h1,4-5,7H,6,8H2,2H3. The molecule has 1 aromatic carbocycles. The molecule has 0 unspecified atom stereocenters. The van der Waals surface area contributed by atoms with E-state index in [-0.39, 0.29) is 19.0 Å². The van der Waals surface area contributed by atoms with Gasteiger partial charge in [0.05, 0.1) is 12.2 Å². The Labute approximate surface area is 110 Å². The zero-order valence-corrected chi connectivity index (χ0v) is 10.6. The zero-order valence-electron chi connectivity index (χ0n) is 9.81. The normalized spacial score (nSPS) is 15.2. The zero-order chi connectivity index (χ0) is 13.3. The second kappa shape index (κ2) is 4.71. The lowest BCUT2D eigenvalue weighted by Gasteiger charge is -2.15. The van der Waals surface area contributed by atoms with E-state index < -0.39 is 6.03 Å². The maximum atomic E-state index is 12.0. The molecule has 3 amide bonds. The summed E-state index contributed by atoms with van der Waals surface area (Å²) in [6.07, 6.45) is 5.15. The molecule has 1 fully saturated rings. The Bertz CT molecular complexity index is 563. The number of aryl methyl sites for hydroxylation is 1. The van der Waals surface area contributed by atoms with Gasteiger partial charge >= 0.3 is 6.03 Å². The van der Waals surface area contributed by atoms with Crippen LogP contribution in [0.1, 0.15) is 5.56 Å². The number of nitrogens with zero attached hydrogens (tertiary/aromatic N) is 2. The summed E-state index contributed by atoms with van der Waals surface area (Å²) in [5, 5.41) is 0.517. The topological polar surface area (TPSA) is 40.6 Å². The molecule has 0 aromatic heterocycles. The first kappa shape index (κ1) is 12.5. The highest BCUT2D eigenvalue weighted by Crippen LogP contribution is 2.26. The summed E-state index contributed by atoms with van der Waals surface area (Å²) in [6, 6.07) is 4.66. The minimum Gasteiger partial charge on any atom is -0.303 e. The van der Waals surface area contributed by atoms with Crippen LogP contribution in [0.25, 0.3) is 0 Å². The van der Waals surface area contributed by atoms with Crippen LogP contribution in [0.4, 0.5) is 10.5 Å². The van der Waals surface area contributed by atoms with Crippen LogP contribution >= 0.6 is 11.6 Å². The Hall–Kier alpha value is -1.99. The lowest BCUT2D eigenvalue weighted by molar-refractivity contribution is -0.116. The van der Waals surface area contributed by atoms with Gasteiger partial charge in [0.2, 0.25) is 0 Å². The van der Waals surface area contributed by atoms with Crippen molar-refractivity contribution in [3.63, 3.8) is 0 Å². The van der Waals surface area contributed by atoms with Gasteiger partial charge in [0.1, 0.15) is 6.54 Å². The van der Waals surface area contributed by atoms with Gasteiger partial charge in [-0.25, -0.2) is 9.69 Å². The van der Waals surface area contributed by atoms with Crippen molar-refractivity contribution in [3.05, 3.63) is 28.8 Å². The first-order valence-electron chi connectivity index (χ1n) is 5.36. The molecule has 1 aliphatic rings. The highest BCUT2D eigenvalue weighted by Gasteiger charge is 2.36. The highest BCUT2D eigenvalue weighted by atomic mass is 35.5. The van der Waals surface area contributed by atoms with Crippen LogP contribution in [-0.2, 0) is 4.79 Å². The van der Waals surface area contributed by atoms with Crippen LogP contribution in [0.3, 0.4) is 0 Å². The summed E-state index contributed by atoms with van der Waals surface area (Å²) in [4.78, 5) is 26.2. The third kappa shape index (κ3) is 2.05. The fraction of sp³-hybridized carbons (Fsp3) is 0.231. The van der Waals surface area contributed by atoms with Gasteiger partial charge in [0.15, 0.2) is 0 Å². The van der Waals surface area contributed by atoms with Crippen LogP contribution in [0.15, 0.2) is 18.2 Å². The number of hydrogen-bond donors (Lipinski definition) is 0. The lowest BCUT2D eigenvalue weighted by atomic mass is 10.2. The number of rotatable bonds is 2. The Kier molecular flexibility index (Phi) is 3.26. The molecule has 4 nitrogen and oxygen atoms in total. The van der Waals surface area contributed by atoms with Gasteiger partial charge in [-0.2, -0.15) is 0 Å². The summed E-state index contributed by atoms with van der Waals surface area (Å²) in [7, 11) is 0. The van der Waals surface area contributed by atoms with Gasteiger partial charge in [-0.3, -0.25) is 4.79 Å². The molecule has 1 saturated heterocycles. The van der Waals surface area contributed by atoms with Crippen LogP contribution in [0, 0.1) is 19.3 Å². The van der Waals surface area contributed by atoms with Crippen LogP contribution in [0.5, 0.6) is 0 Å². The van der Waals surface area contributed by atoms with E-state index in [0.717, 1.165) is 10.5 Å². The molecule has 0 atom stereocenters. The highest BCUT2D eigenvalue weighted by molar-refractivity contribution is 6.32. The number of carbonyl (C=O) groups excluding carboxylic acids is 2. The minimum absolute atomic E-state index is 0.00846. The van der Waals surface area contributed by atoms with Gasteiger partial charge in [0, 0.05) is 5.02 Å². The number of urea groups is 1. The van der Waals surface area contributed by atoms with Gasteiger partial charge in [-0.15, -0.1) is 6.42 Å². The Morgan fingerprint density at radius 2 is 2.17 bits per heavy atom. The van der Waals surface area contributed by atoms with E-state index in [1.54, 1.807) is 18.2 Å². The van der Waals surface area contributed by atoms with Crippen molar-refractivity contribution in [2.24, 2.45) is 0 Å². The van der Waals surface area contributed by atoms with Crippen molar-refractivity contribution in [1.82, 2.24) is 4.90 Å². The Balaban J connectivity index is 2.33. The fourth-order valence-corrected chi connectivity index (χ4v) is 1.93. The molecule has 1 aliphatic heterocycles. The maximum absolute atomic E-state index is 12.0. The van der Waals surface area contributed by atoms with Crippen molar-refractivity contribution in [2.45, 2.75) is 6.92 Å². The molecular weight excluding hydrogens is 252 g/mol. The smallest absolute Gasteiger partial charge is 0.303 e. The minimum atomic E-state index is -0.405. The van der Waals surface area contributed by atoms with Gasteiger partial charge in [-0.05, 0) is 24.6 Å². The lowest BCUT2D eigenvalue weighted by Crippen LogP contribution is -2.33. The number of benzene rings is 1. The number of terminal acetylenes is 1. The molecule has 0 aliphatic carbocycles. The quantitative estimate of drug-likeness (QED) is 0.605. The molecule has 0 N–H and O–H groups in total. The predicted molar refractivity (Wildman–Crippen MR) is 69.5 cm³/mol. The van der Waals surface area contributed by atoms with Crippen molar-refractivity contribution in [2.75, 3.05) is 18.0 Å². The van der Waals surface area contributed by atoms with E-state index >= 15 is 0 Å². The molecule has 2 rings (SSSR count). The van der Waals surface area contributed by atoms with E-state index in [1.165, 1.54) is 4.90 Å². The summed E-state index contributed by atoms with van der Waals surface area (Å²) in [5.74, 6) is 2.06. The molecule has 1 aromatic rings. The summed E-state index contributed by atoms with van der Waals surface area (Å²) in [6.45, 7) is 1.99. The molecular formula is C13H11ClN2O2. The summed E-state index contributed by atoms with van der Waals surface area (Å²) < 4.78 is 0. The first-order valence-corrected chi connectivity index (χ1v) is 5.74. The van der Waals surface area contributed by atoms with E-state index in [1.807, 2.05) is 6.92 Å². The number of imide groups is 1. The largest absolute Gasteiger partial charge is 0.332 e. The van der Waals surface area contributed by atoms with Crippen molar-refractivity contribution in [3.8, 4) is 12.3 Å². The second-order valence-corrected chi connectivity index (χ2v) is 4.41. The maximum Gasteiger partial charge on any atom is 0.332 e. The molecule has 0 radical (unpaired) electrons. The second-order valence-electron chi connectivity index (χ2n) is 4.01. The van der Waals surface area contributed by atoms with Crippen molar-refractivity contribution in [1.29, 1.82) is 0 Å². The number of hydrogen-bond acceptors (Lipinski definition) is 2. The molecule has 92 valence electrons. The molecule has 0 saturated carbocycles. The van der Waals surface area contributed by atoms with E-state index in [9.17, 15) is 9.59 Å². The van der Waals surface area contributed by atoms with Crippen LogP contribution in [0.2, 0.25) is 5.02 Å². The molecule has 18 heavy (non-hydrogen) atoms. The van der Waals surface area contributed by atoms with Gasteiger partial charge < -0.3 is 4.90 Å². The monoisotopic (exact) mass is 262 g/mol. The molecule has 0 spiro atoms. The van der Waals surface area contributed by atoms with Crippen LogP contribution < -0.4 is 4.90 Å². The number of halogens is 1. The summed E-state index contributed by atoms with van der Waals surface area (Å²) in [5.41, 5.74) is 1.36. The predicted octanol–water partition coefficient (Wildman–Crippen LogP) is 2.05. The average molecular weight is 263 g/mol. The molecule has 0 bridgehead atoms. The van der Waals surface area contributed by atoms with Gasteiger partial charge in [0.25, 0.3) is 5.91 Å². The van der Waals surface area contributed by atoms with E-state index in [0.29, 0.717) is 10.7 Å². The van der Waals surface area contributed by atoms with Crippen molar-refractivity contribution < 1.29 is 9.59 Å². The Morgan fingerprint density at radius 1 is 1.44 bits per heavy atom. The number of carbonyl (C=O) groups is 2. The average Bonchev–Trinajstić information content (AvgIpc) is 2.59. The van der Waals surface area contributed by atoms with E-state index in [2.05, 4.69) is 5.92 Å².